The molecule has 0 aliphatic carbocycles. The highest BCUT2D eigenvalue weighted by atomic mass is 16.5. The normalized spacial score (nSPS) is 15.9. The van der Waals surface area contributed by atoms with Crippen molar-refractivity contribution in [2.75, 3.05) is 32.7 Å². The molecule has 1 fully saturated rings. The average molecular weight is 435 g/mol. The summed E-state index contributed by atoms with van der Waals surface area (Å²) in [5.74, 6) is 0.871. The van der Waals surface area contributed by atoms with E-state index in [2.05, 4.69) is 38.3 Å². The van der Waals surface area contributed by atoms with E-state index in [4.69, 9.17) is 9.15 Å². The van der Waals surface area contributed by atoms with E-state index in [1.165, 1.54) is 17.4 Å². The molecule has 0 bridgehead atoms. The van der Waals surface area contributed by atoms with Crippen molar-refractivity contribution in [2.24, 2.45) is 0 Å². The van der Waals surface area contributed by atoms with Gasteiger partial charge in [-0.25, -0.2) is 0 Å². The summed E-state index contributed by atoms with van der Waals surface area (Å²) in [6.45, 7) is 8.50. The lowest BCUT2D eigenvalue weighted by Gasteiger charge is -2.34. The predicted octanol–water partition coefficient (Wildman–Crippen LogP) is 3.19. The maximum atomic E-state index is 11.9. The minimum Gasteiger partial charge on any atom is -0.489 e. The fraction of sp³-hybridized carbons (Fsp3) is 0.360. The molecular weight excluding hydrogens is 404 g/mol. The molecule has 1 atom stereocenters. The molecule has 1 N–H and O–H groups in total. The zero-order valence-electron chi connectivity index (χ0n) is 18.4. The summed E-state index contributed by atoms with van der Waals surface area (Å²) in [4.78, 5) is 21.1. The number of nitrogens with one attached hydrogen (secondary N) is 1. The number of hydrogen-bond acceptors (Lipinski definition) is 6. The number of nitrogens with zero attached hydrogens (tertiary/aromatic N) is 3. The molecule has 0 radical (unpaired) electrons. The topological polar surface area (TPSA) is 70.8 Å². The van der Waals surface area contributed by atoms with E-state index < -0.39 is 0 Å². The lowest BCUT2D eigenvalue weighted by molar-refractivity contribution is 0.0904. The third kappa shape index (κ3) is 6.42. The molecule has 0 spiro atoms. The Labute approximate surface area is 189 Å². The van der Waals surface area contributed by atoms with Crippen LogP contribution >= 0.6 is 0 Å². The smallest absolute Gasteiger partial charge is 0.287 e. The van der Waals surface area contributed by atoms with Crippen molar-refractivity contribution in [3.8, 4) is 5.75 Å². The molecule has 7 heteroatoms. The largest absolute Gasteiger partial charge is 0.489 e. The number of aromatic nitrogens is 1. The summed E-state index contributed by atoms with van der Waals surface area (Å²) in [6, 6.07) is 15.7. The maximum absolute atomic E-state index is 11.9. The van der Waals surface area contributed by atoms with Gasteiger partial charge in [-0.05, 0) is 48.4 Å². The summed E-state index contributed by atoms with van der Waals surface area (Å²) in [6.07, 6.45) is 5.11. The summed E-state index contributed by atoms with van der Waals surface area (Å²) in [7, 11) is 0. The Kier molecular flexibility index (Phi) is 7.53. The van der Waals surface area contributed by atoms with Gasteiger partial charge in [-0.2, -0.15) is 0 Å². The van der Waals surface area contributed by atoms with Crippen molar-refractivity contribution in [2.45, 2.75) is 26.1 Å². The second kappa shape index (κ2) is 10.9. The highest BCUT2D eigenvalue weighted by Crippen LogP contribution is 2.16. The fourth-order valence-electron chi connectivity index (χ4n) is 3.79. The standard InChI is InChI=1S/C25H30N4O3/c1-20(16-27-25(30)24-5-3-15-31-24)32-23-8-6-21(7-9-23)18-28-11-13-29(14-12-28)19-22-4-2-10-26-17-22/h2-10,15,17,20H,11-14,16,18-19H2,1H3,(H,27,30)/t20-/m1/s1. The van der Waals surface area contributed by atoms with Crippen LogP contribution in [-0.2, 0) is 13.1 Å². The van der Waals surface area contributed by atoms with Gasteiger partial charge in [-0.15, -0.1) is 0 Å². The molecule has 168 valence electrons. The maximum Gasteiger partial charge on any atom is 0.287 e. The zero-order valence-corrected chi connectivity index (χ0v) is 18.4. The first-order chi connectivity index (χ1) is 15.7. The van der Waals surface area contributed by atoms with Gasteiger partial charge < -0.3 is 14.5 Å². The van der Waals surface area contributed by atoms with Gasteiger partial charge in [-0.3, -0.25) is 19.6 Å². The third-order valence-electron chi connectivity index (χ3n) is 5.56. The molecule has 1 aliphatic heterocycles. The number of benzene rings is 1. The van der Waals surface area contributed by atoms with Gasteiger partial charge in [0.1, 0.15) is 11.9 Å². The molecule has 4 rings (SSSR count). The van der Waals surface area contributed by atoms with Crippen LogP contribution < -0.4 is 10.1 Å². The number of furan rings is 1. The first-order valence-electron chi connectivity index (χ1n) is 11.1. The molecule has 1 aromatic carbocycles. The average Bonchev–Trinajstić information content (AvgIpc) is 3.36. The Morgan fingerprint density at radius 3 is 2.38 bits per heavy atom. The van der Waals surface area contributed by atoms with Crippen LogP contribution in [0.25, 0.3) is 0 Å². The molecule has 2 aromatic heterocycles. The second-order valence-electron chi connectivity index (χ2n) is 8.17. The van der Waals surface area contributed by atoms with Gasteiger partial charge in [0.15, 0.2) is 5.76 Å². The van der Waals surface area contributed by atoms with Crippen LogP contribution in [0, 0.1) is 0 Å². The van der Waals surface area contributed by atoms with Crippen molar-refractivity contribution < 1.29 is 13.9 Å². The van der Waals surface area contributed by atoms with Crippen LogP contribution in [0.2, 0.25) is 0 Å². The first-order valence-corrected chi connectivity index (χ1v) is 11.1. The van der Waals surface area contributed by atoms with E-state index in [0.29, 0.717) is 12.3 Å². The van der Waals surface area contributed by atoms with Gasteiger partial charge in [0, 0.05) is 51.7 Å². The summed E-state index contributed by atoms with van der Waals surface area (Å²) in [5, 5.41) is 2.82. The summed E-state index contributed by atoms with van der Waals surface area (Å²) < 4.78 is 11.0. The van der Waals surface area contributed by atoms with Crippen molar-refractivity contribution >= 4 is 5.91 Å². The van der Waals surface area contributed by atoms with Gasteiger partial charge in [-0.1, -0.05) is 18.2 Å². The number of amides is 1. The second-order valence-corrected chi connectivity index (χ2v) is 8.17. The molecular formula is C25H30N4O3. The van der Waals surface area contributed by atoms with Crippen LogP contribution in [-0.4, -0.2) is 59.5 Å². The van der Waals surface area contributed by atoms with Gasteiger partial charge in [0.25, 0.3) is 5.91 Å². The SMILES string of the molecule is C[C@H](CNC(=O)c1ccco1)Oc1ccc(CN2CCN(Cc3cccnc3)CC2)cc1. The number of piperazine rings is 1. The number of carbonyl (C=O) groups is 1. The fourth-order valence-corrected chi connectivity index (χ4v) is 3.79. The van der Waals surface area contributed by atoms with Crippen LogP contribution in [0.1, 0.15) is 28.6 Å². The van der Waals surface area contributed by atoms with E-state index in [-0.39, 0.29) is 12.0 Å². The third-order valence-corrected chi connectivity index (χ3v) is 5.56. The Morgan fingerprint density at radius 2 is 1.75 bits per heavy atom. The number of rotatable bonds is 9. The molecule has 0 unspecified atom stereocenters. The minimum atomic E-state index is -0.235. The van der Waals surface area contributed by atoms with Crippen LogP contribution in [0.4, 0.5) is 0 Å². The monoisotopic (exact) mass is 434 g/mol. The molecule has 0 saturated carbocycles. The van der Waals surface area contributed by atoms with Gasteiger partial charge in [0.2, 0.25) is 0 Å². The lowest BCUT2D eigenvalue weighted by Crippen LogP contribution is -2.45. The Balaban J connectivity index is 1.17. The summed E-state index contributed by atoms with van der Waals surface area (Å²) >= 11 is 0. The lowest BCUT2D eigenvalue weighted by atomic mass is 10.2. The zero-order chi connectivity index (χ0) is 22.2. The molecule has 32 heavy (non-hydrogen) atoms. The predicted molar refractivity (Wildman–Crippen MR) is 122 cm³/mol. The number of pyridine rings is 1. The highest BCUT2D eigenvalue weighted by molar-refractivity contribution is 5.91. The Hall–Kier alpha value is -3.16. The van der Waals surface area contributed by atoms with E-state index in [1.807, 2.05) is 37.5 Å². The number of ether oxygens (including phenoxy) is 1. The van der Waals surface area contributed by atoms with Gasteiger partial charge in [0.05, 0.1) is 12.8 Å². The number of hydrogen-bond donors (Lipinski definition) is 1. The van der Waals surface area contributed by atoms with Crippen LogP contribution in [0.3, 0.4) is 0 Å². The molecule has 7 nitrogen and oxygen atoms in total. The van der Waals surface area contributed by atoms with E-state index in [0.717, 1.165) is 45.0 Å². The van der Waals surface area contributed by atoms with Crippen molar-refractivity contribution in [3.63, 3.8) is 0 Å². The quantitative estimate of drug-likeness (QED) is 0.558. The molecule has 1 saturated heterocycles. The highest BCUT2D eigenvalue weighted by Gasteiger charge is 2.17. The van der Waals surface area contributed by atoms with Crippen LogP contribution in [0.15, 0.2) is 71.6 Å². The molecule has 1 aliphatic rings. The van der Waals surface area contributed by atoms with Gasteiger partial charge >= 0.3 is 0 Å². The van der Waals surface area contributed by atoms with Crippen molar-refractivity contribution in [1.29, 1.82) is 0 Å². The minimum absolute atomic E-state index is 0.146. The molecule has 3 aromatic rings. The Bertz CT molecular complexity index is 953. The van der Waals surface area contributed by atoms with Crippen molar-refractivity contribution in [1.82, 2.24) is 20.1 Å². The van der Waals surface area contributed by atoms with E-state index >= 15 is 0 Å². The first kappa shape index (κ1) is 22.0. The van der Waals surface area contributed by atoms with E-state index in [1.54, 1.807) is 12.1 Å². The molecule has 1 amide bonds. The Morgan fingerprint density at radius 1 is 1.03 bits per heavy atom. The van der Waals surface area contributed by atoms with Crippen molar-refractivity contribution in [3.05, 3.63) is 84.1 Å². The molecule has 3 heterocycles. The summed E-state index contributed by atoms with van der Waals surface area (Å²) in [5.41, 5.74) is 2.54. The van der Waals surface area contributed by atoms with E-state index in [9.17, 15) is 4.79 Å². The number of carbonyl (C=O) groups excluding carboxylic acids is 1. The van der Waals surface area contributed by atoms with Crippen LogP contribution in [0.5, 0.6) is 5.75 Å².